The van der Waals surface area contributed by atoms with Crippen LogP contribution in [0.25, 0.3) is 0 Å². The third kappa shape index (κ3) is 3.07. The van der Waals surface area contributed by atoms with E-state index in [9.17, 15) is 4.79 Å². The number of halogens is 1. The molecule has 0 aromatic rings. The Labute approximate surface area is 84.2 Å². The normalized spacial score (nSPS) is 20.5. The van der Waals surface area contributed by atoms with Gasteiger partial charge >= 0.3 is 6.03 Å². The van der Waals surface area contributed by atoms with Crippen molar-refractivity contribution in [3.8, 4) is 0 Å². The molecule has 1 saturated carbocycles. The smallest absolute Gasteiger partial charge is 0.315 e. The van der Waals surface area contributed by atoms with Crippen molar-refractivity contribution in [1.82, 2.24) is 10.6 Å². The zero-order chi connectivity index (χ0) is 9.90. The van der Waals surface area contributed by atoms with Gasteiger partial charge in [0.2, 0.25) is 0 Å². The fraction of sp³-hybridized carbons (Fsp3) is 0.889. The molecule has 1 unspecified atom stereocenters. The number of hydrogen-bond acceptors (Lipinski definition) is 1. The minimum atomic E-state index is -0.110. The zero-order valence-electron chi connectivity index (χ0n) is 8.19. The first-order chi connectivity index (χ1) is 6.08. The molecule has 1 rings (SSSR count). The molecule has 76 valence electrons. The van der Waals surface area contributed by atoms with E-state index in [1.807, 2.05) is 6.92 Å². The molecule has 0 aromatic heterocycles. The van der Waals surface area contributed by atoms with Gasteiger partial charge in [-0.2, -0.15) is 0 Å². The summed E-state index contributed by atoms with van der Waals surface area (Å²) in [5, 5.41) is 5.59. The fourth-order valence-electron chi connectivity index (χ4n) is 1.21. The van der Waals surface area contributed by atoms with Gasteiger partial charge in [0.25, 0.3) is 0 Å². The predicted octanol–water partition coefficient (Wildman–Crippen LogP) is 1.71. The van der Waals surface area contributed by atoms with Gasteiger partial charge in [-0.3, -0.25) is 0 Å². The van der Waals surface area contributed by atoms with E-state index in [1.54, 1.807) is 0 Å². The van der Waals surface area contributed by atoms with Crippen LogP contribution in [0.4, 0.5) is 4.79 Å². The number of carbonyl (C=O) groups excluding carboxylic acids is 1. The van der Waals surface area contributed by atoms with E-state index in [2.05, 4.69) is 17.6 Å². The molecule has 0 saturated heterocycles. The van der Waals surface area contributed by atoms with Crippen LogP contribution in [0.15, 0.2) is 0 Å². The second-order valence-electron chi connectivity index (χ2n) is 3.96. The summed E-state index contributed by atoms with van der Waals surface area (Å²) < 4.78 is 0. The second-order valence-corrected chi connectivity index (χ2v) is 4.34. The number of hydrogen-bond donors (Lipinski definition) is 2. The topological polar surface area (TPSA) is 41.1 Å². The Hall–Kier alpha value is -0.440. The van der Waals surface area contributed by atoms with Gasteiger partial charge in [0.15, 0.2) is 0 Å². The molecule has 2 N–H and O–H groups in total. The third-order valence-electron chi connectivity index (χ3n) is 2.81. The monoisotopic (exact) mass is 204 g/mol. The summed E-state index contributed by atoms with van der Waals surface area (Å²) in [4.78, 5) is 11.2. The maximum Gasteiger partial charge on any atom is 0.315 e. The molecule has 1 aliphatic carbocycles. The van der Waals surface area contributed by atoms with Crippen LogP contribution in [0, 0.1) is 5.41 Å². The summed E-state index contributed by atoms with van der Waals surface area (Å²) in [6.45, 7) is 4.77. The zero-order valence-corrected chi connectivity index (χ0v) is 8.95. The van der Waals surface area contributed by atoms with Gasteiger partial charge < -0.3 is 10.6 Å². The third-order valence-corrected chi connectivity index (χ3v) is 3.00. The Balaban J connectivity index is 2.19. The SMILES string of the molecule is CC(NC(=O)NCCCl)C1(C)CC1. The van der Waals surface area contributed by atoms with Gasteiger partial charge in [0.05, 0.1) is 0 Å². The molecule has 1 atom stereocenters. The quantitative estimate of drug-likeness (QED) is 0.673. The van der Waals surface area contributed by atoms with Crippen LogP contribution in [0.3, 0.4) is 0 Å². The number of rotatable bonds is 4. The highest BCUT2D eigenvalue weighted by Gasteiger charge is 2.43. The maximum absolute atomic E-state index is 11.2. The number of nitrogens with one attached hydrogen (secondary N) is 2. The van der Waals surface area contributed by atoms with Crippen LogP contribution in [-0.4, -0.2) is 24.5 Å². The molecule has 0 aromatic carbocycles. The van der Waals surface area contributed by atoms with Gasteiger partial charge in [0, 0.05) is 18.5 Å². The number of carbonyl (C=O) groups is 1. The lowest BCUT2D eigenvalue weighted by Gasteiger charge is -2.20. The molecule has 4 heteroatoms. The lowest BCUT2D eigenvalue weighted by molar-refractivity contribution is 0.232. The van der Waals surface area contributed by atoms with Crippen molar-refractivity contribution in [2.75, 3.05) is 12.4 Å². The van der Waals surface area contributed by atoms with Crippen LogP contribution < -0.4 is 10.6 Å². The van der Waals surface area contributed by atoms with E-state index in [4.69, 9.17) is 11.6 Å². The predicted molar refractivity (Wildman–Crippen MR) is 54.1 cm³/mol. The van der Waals surface area contributed by atoms with Gasteiger partial charge in [-0.15, -0.1) is 11.6 Å². The lowest BCUT2D eigenvalue weighted by atomic mass is 10.0. The minimum Gasteiger partial charge on any atom is -0.337 e. The molecule has 0 bridgehead atoms. The molecule has 0 radical (unpaired) electrons. The van der Waals surface area contributed by atoms with Gasteiger partial charge in [-0.25, -0.2) is 4.79 Å². The molecule has 0 spiro atoms. The Morgan fingerprint density at radius 1 is 1.62 bits per heavy atom. The number of urea groups is 1. The largest absolute Gasteiger partial charge is 0.337 e. The van der Waals surface area contributed by atoms with Crippen molar-refractivity contribution < 1.29 is 4.79 Å². The van der Waals surface area contributed by atoms with E-state index >= 15 is 0 Å². The van der Waals surface area contributed by atoms with Gasteiger partial charge in [-0.05, 0) is 25.2 Å². The summed E-state index contributed by atoms with van der Waals surface area (Å²) >= 11 is 5.44. The second kappa shape index (κ2) is 4.18. The first kappa shape index (κ1) is 10.6. The van der Waals surface area contributed by atoms with Crippen LogP contribution in [0.2, 0.25) is 0 Å². The van der Waals surface area contributed by atoms with Crippen molar-refractivity contribution >= 4 is 17.6 Å². The standard InChI is InChI=1S/C9H17ClN2O/c1-7(9(2)3-4-9)12-8(13)11-6-5-10/h7H,3-6H2,1-2H3,(H2,11,12,13). The highest BCUT2D eigenvalue weighted by atomic mass is 35.5. The average Bonchev–Trinajstić information content (AvgIpc) is 2.81. The molecule has 3 nitrogen and oxygen atoms in total. The van der Waals surface area contributed by atoms with E-state index in [0.29, 0.717) is 17.8 Å². The lowest BCUT2D eigenvalue weighted by Crippen LogP contribution is -2.44. The van der Waals surface area contributed by atoms with E-state index in [0.717, 1.165) is 0 Å². The number of amides is 2. The van der Waals surface area contributed by atoms with E-state index < -0.39 is 0 Å². The van der Waals surface area contributed by atoms with Crippen LogP contribution in [-0.2, 0) is 0 Å². The van der Waals surface area contributed by atoms with Crippen molar-refractivity contribution in [2.45, 2.75) is 32.7 Å². The Morgan fingerprint density at radius 2 is 2.23 bits per heavy atom. The van der Waals surface area contributed by atoms with Crippen LogP contribution in [0.1, 0.15) is 26.7 Å². The van der Waals surface area contributed by atoms with Gasteiger partial charge in [0.1, 0.15) is 0 Å². The molecule has 0 heterocycles. The van der Waals surface area contributed by atoms with Crippen molar-refractivity contribution in [3.05, 3.63) is 0 Å². The van der Waals surface area contributed by atoms with Gasteiger partial charge in [-0.1, -0.05) is 6.92 Å². The van der Waals surface area contributed by atoms with Crippen molar-refractivity contribution in [2.24, 2.45) is 5.41 Å². The maximum atomic E-state index is 11.2. The fourth-order valence-corrected chi connectivity index (χ4v) is 1.31. The highest BCUT2D eigenvalue weighted by molar-refractivity contribution is 6.18. The Kier molecular flexibility index (Phi) is 3.42. The first-order valence-electron chi connectivity index (χ1n) is 4.69. The Bertz CT molecular complexity index is 192. The summed E-state index contributed by atoms with van der Waals surface area (Å²) in [6.07, 6.45) is 2.42. The van der Waals surface area contributed by atoms with Crippen LogP contribution >= 0.6 is 11.6 Å². The first-order valence-corrected chi connectivity index (χ1v) is 5.22. The molecular formula is C9H17ClN2O. The molecule has 0 aliphatic heterocycles. The summed E-state index contributed by atoms with van der Waals surface area (Å²) in [7, 11) is 0. The van der Waals surface area contributed by atoms with Crippen LogP contribution in [0.5, 0.6) is 0 Å². The van der Waals surface area contributed by atoms with E-state index in [-0.39, 0.29) is 12.1 Å². The Morgan fingerprint density at radius 3 is 2.69 bits per heavy atom. The highest BCUT2D eigenvalue weighted by Crippen LogP contribution is 2.47. The molecule has 1 aliphatic rings. The summed E-state index contributed by atoms with van der Waals surface area (Å²) in [5.74, 6) is 0.457. The summed E-state index contributed by atoms with van der Waals surface area (Å²) in [5.41, 5.74) is 0.332. The summed E-state index contributed by atoms with van der Waals surface area (Å²) in [6, 6.07) is 0.143. The molecular weight excluding hydrogens is 188 g/mol. The molecule has 1 fully saturated rings. The van der Waals surface area contributed by atoms with Crippen molar-refractivity contribution in [3.63, 3.8) is 0 Å². The number of alkyl halides is 1. The minimum absolute atomic E-state index is 0.110. The average molecular weight is 205 g/mol. The van der Waals surface area contributed by atoms with E-state index in [1.165, 1.54) is 12.8 Å². The van der Waals surface area contributed by atoms with Crippen molar-refractivity contribution in [1.29, 1.82) is 0 Å². The molecule has 2 amide bonds. The molecule has 13 heavy (non-hydrogen) atoms.